The lowest BCUT2D eigenvalue weighted by Gasteiger charge is -2.32. The Balaban J connectivity index is 0.00000289. The molecular weight excluding hydrogens is 507 g/mol. The fourth-order valence-corrected chi connectivity index (χ4v) is 4.17. The second kappa shape index (κ2) is 12.0. The van der Waals surface area contributed by atoms with Crippen LogP contribution in [0.5, 0.6) is 0 Å². The van der Waals surface area contributed by atoms with Gasteiger partial charge in [-0.15, -0.1) is 24.0 Å². The van der Waals surface area contributed by atoms with E-state index in [4.69, 9.17) is 0 Å². The van der Waals surface area contributed by atoms with E-state index >= 15 is 0 Å². The van der Waals surface area contributed by atoms with E-state index in [1.807, 2.05) is 48.5 Å². The maximum absolute atomic E-state index is 12.4. The number of anilines is 1. The van der Waals surface area contributed by atoms with Gasteiger partial charge in [-0.05, 0) is 79.4 Å². The molecule has 0 spiro atoms. The number of hydrogen-bond donors (Lipinski definition) is 1. The molecule has 32 heavy (non-hydrogen) atoms. The van der Waals surface area contributed by atoms with Crippen molar-refractivity contribution in [2.75, 3.05) is 18.4 Å². The average Bonchev–Trinajstić information content (AvgIpc) is 2.84. The number of nitrogens with one attached hydrogen (secondary N) is 1. The van der Waals surface area contributed by atoms with E-state index in [0.717, 1.165) is 16.8 Å². The topological polar surface area (TPSA) is 32.3 Å². The first-order valence-electron chi connectivity index (χ1n) is 11.2. The van der Waals surface area contributed by atoms with Gasteiger partial charge in [0, 0.05) is 17.8 Å². The van der Waals surface area contributed by atoms with E-state index in [1.165, 1.54) is 43.5 Å². The van der Waals surface area contributed by atoms with Crippen LogP contribution in [-0.2, 0) is 4.79 Å². The van der Waals surface area contributed by atoms with E-state index in [1.54, 1.807) is 6.08 Å². The van der Waals surface area contributed by atoms with Crippen molar-refractivity contribution in [1.29, 1.82) is 0 Å². The summed E-state index contributed by atoms with van der Waals surface area (Å²) in [5.41, 5.74) is 5.43. The third-order valence-corrected chi connectivity index (χ3v) is 6.02. The molecule has 3 aromatic rings. The van der Waals surface area contributed by atoms with Crippen molar-refractivity contribution < 1.29 is 4.79 Å². The molecule has 1 saturated heterocycles. The van der Waals surface area contributed by atoms with Crippen LogP contribution in [-0.4, -0.2) is 23.9 Å². The second-order valence-electron chi connectivity index (χ2n) is 8.21. The molecule has 1 amide bonds. The maximum atomic E-state index is 12.4. The fourth-order valence-electron chi connectivity index (χ4n) is 4.17. The average molecular weight is 538 g/mol. The Morgan fingerprint density at radius 2 is 1.56 bits per heavy atom. The number of piperidine rings is 1. The summed E-state index contributed by atoms with van der Waals surface area (Å²) in [7, 11) is 0. The Labute approximate surface area is 208 Å². The molecular formula is C28H31IN2O. The Morgan fingerprint density at radius 3 is 2.28 bits per heavy atom. The lowest BCUT2D eigenvalue weighted by atomic mass is 10.0. The van der Waals surface area contributed by atoms with Crippen LogP contribution in [0.25, 0.3) is 17.2 Å². The van der Waals surface area contributed by atoms with Crippen LogP contribution in [0.1, 0.15) is 43.4 Å². The van der Waals surface area contributed by atoms with Crippen LogP contribution in [0.2, 0.25) is 0 Å². The van der Waals surface area contributed by atoms with Crippen molar-refractivity contribution in [3.05, 3.63) is 96.1 Å². The number of rotatable bonds is 6. The number of hydrogen-bond acceptors (Lipinski definition) is 2. The monoisotopic (exact) mass is 538 g/mol. The standard InChI is InChI=1S/C28H30N2O.HI/c1-22(30-19-6-3-7-20-30)24-14-16-27(17-15-24)29-28(31)18-13-23-9-8-12-26(21-23)25-10-4-2-5-11-25;/h2,4-5,8-18,21-22H,3,6-7,19-20H2,1H3,(H,29,31);1H/b18-13+;. The molecule has 1 atom stereocenters. The Kier molecular flexibility index (Phi) is 9.06. The molecule has 1 N–H and O–H groups in total. The summed E-state index contributed by atoms with van der Waals surface area (Å²) < 4.78 is 0. The molecule has 4 rings (SSSR count). The smallest absolute Gasteiger partial charge is 0.248 e. The molecule has 0 aromatic heterocycles. The first kappa shape index (κ1) is 24.2. The quantitative estimate of drug-likeness (QED) is 0.267. The highest BCUT2D eigenvalue weighted by Crippen LogP contribution is 2.25. The van der Waals surface area contributed by atoms with Crippen molar-refractivity contribution in [3.63, 3.8) is 0 Å². The van der Waals surface area contributed by atoms with Crippen LogP contribution >= 0.6 is 24.0 Å². The number of halogens is 1. The van der Waals surface area contributed by atoms with Crippen molar-refractivity contribution in [2.24, 2.45) is 0 Å². The van der Waals surface area contributed by atoms with Crippen LogP contribution < -0.4 is 5.32 Å². The predicted molar refractivity (Wildman–Crippen MR) is 145 cm³/mol. The molecule has 3 nitrogen and oxygen atoms in total. The largest absolute Gasteiger partial charge is 0.323 e. The highest BCUT2D eigenvalue weighted by Gasteiger charge is 2.17. The molecule has 3 aromatic carbocycles. The third-order valence-electron chi connectivity index (χ3n) is 6.02. The minimum Gasteiger partial charge on any atom is -0.323 e. The summed E-state index contributed by atoms with van der Waals surface area (Å²) in [6.45, 7) is 4.62. The fraction of sp³-hybridized carbons (Fsp3) is 0.250. The van der Waals surface area contributed by atoms with Crippen LogP contribution in [0, 0.1) is 0 Å². The lowest BCUT2D eigenvalue weighted by Crippen LogP contribution is -2.32. The van der Waals surface area contributed by atoms with Gasteiger partial charge in [0.2, 0.25) is 5.91 Å². The minimum absolute atomic E-state index is 0. The number of carbonyl (C=O) groups is 1. The zero-order valence-electron chi connectivity index (χ0n) is 18.5. The molecule has 0 radical (unpaired) electrons. The molecule has 1 heterocycles. The number of nitrogens with zero attached hydrogens (tertiary/aromatic N) is 1. The van der Waals surface area contributed by atoms with Crippen LogP contribution in [0.15, 0.2) is 84.9 Å². The van der Waals surface area contributed by atoms with Gasteiger partial charge in [0.05, 0.1) is 0 Å². The molecule has 4 heteroatoms. The SMILES string of the molecule is CC(c1ccc(NC(=O)/C=C/c2cccc(-c3ccccc3)c2)cc1)N1CCCCC1.I. The lowest BCUT2D eigenvalue weighted by molar-refractivity contribution is -0.111. The summed E-state index contributed by atoms with van der Waals surface area (Å²) in [5, 5.41) is 2.96. The van der Waals surface area contributed by atoms with Crippen LogP contribution in [0.4, 0.5) is 5.69 Å². The molecule has 166 valence electrons. The van der Waals surface area contributed by atoms with E-state index in [9.17, 15) is 4.79 Å². The van der Waals surface area contributed by atoms with Gasteiger partial charge in [-0.3, -0.25) is 9.69 Å². The van der Waals surface area contributed by atoms with Gasteiger partial charge < -0.3 is 5.32 Å². The Morgan fingerprint density at radius 1 is 0.875 bits per heavy atom. The number of carbonyl (C=O) groups excluding carboxylic acids is 1. The van der Waals surface area contributed by atoms with Gasteiger partial charge >= 0.3 is 0 Å². The van der Waals surface area contributed by atoms with Gasteiger partial charge in [-0.2, -0.15) is 0 Å². The molecule has 0 bridgehead atoms. The van der Waals surface area contributed by atoms with Gasteiger partial charge in [0.1, 0.15) is 0 Å². The summed E-state index contributed by atoms with van der Waals surface area (Å²) in [6.07, 6.45) is 7.37. The Hall–Kier alpha value is -2.44. The summed E-state index contributed by atoms with van der Waals surface area (Å²) >= 11 is 0. The first-order chi connectivity index (χ1) is 15.2. The third kappa shape index (κ3) is 6.53. The Bertz CT molecular complexity index is 1020. The van der Waals surface area contributed by atoms with Crippen molar-refractivity contribution in [3.8, 4) is 11.1 Å². The number of likely N-dealkylation sites (tertiary alicyclic amines) is 1. The predicted octanol–water partition coefficient (Wildman–Crippen LogP) is 7.17. The normalized spacial score (nSPS) is 15.2. The van der Waals surface area contributed by atoms with E-state index in [-0.39, 0.29) is 29.9 Å². The zero-order valence-corrected chi connectivity index (χ0v) is 20.9. The van der Waals surface area contributed by atoms with Crippen LogP contribution in [0.3, 0.4) is 0 Å². The molecule has 0 saturated carbocycles. The van der Waals surface area contributed by atoms with Gasteiger partial charge in [-0.25, -0.2) is 0 Å². The molecule has 1 aliphatic heterocycles. The van der Waals surface area contributed by atoms with Gasteiger partial charge in [0.25, 0.3) is 0 Å². The number of amides is 1. The zero-order chi connectivity index (χ0) is 21.5. The van der Waals surface area contributed by atoms with Gasteiger partial charge in [-0.1, -0.05) is 67.1 Å². The summed E-state index contributed by atoms with van der Waals surface area (Å²) in [4.78, 5) is 14.9. The van der Waals surface area contributed by atoms with Gasteiger partial charge in [0.15, 0.2) is 0 Å². The van der Waals surface area contributed by atoms with Crippen molar-refractivity contribution in [1.82, 2.24) is 4.90 Å². The summed E-state index contributed by atoms with van der Waals surface area (Å²) in [6, 6.07) is 27.1. The first-order valence-corrected chi connectivity index (χ1v) is 11.2. The van der Waals surface area contributed by atoms with E-state index in [2.05, 4.69) is 53.5 Å². The summed E-state index contributed by atoms with van der Waals surface area (Å²) in [5.74, 6) is -0.123. The molecule has 1 unspecified atom stereocenters. The van der Waals surface area contributed by atoms with Crippen molar-refractivity contribution in [2.45, 2.75) is 32.2 Å². The van der Waals surface area contributed by atoms with Crippen molar-refractivity contribution >= 4 is 41.6 Å². The van der Waals surface area contributed by atoms with E-state index < -0.39 is 0 Å². The highest BCUT2D eigenvalue weighted by atomic mass is 127. The molecule has 0 aliphatic carbocycles. The molecule has 1 aliphatic rings. The maximum Gasteiger partial charge on any atom is 0.248 e. The molecule has 1 fully saturated rings. The minimum atomic E-state index is -0.123. The van der Waals surface area contributed by atoms with E-state index in [0.29, 0.717) is 6.04 Å². The number of benzene rings is 3. The highest BCUT2D eigenvalue weighted by molar-refractivity contribution is 14.0. The second-order valence-corrected chi connectivity index (χ2v) is 8.21.